The number of hydrogen-bond acceptors (Lipinski definition) is 3. The van der Waals surface area contributed by atoms with Gasteiger partial charge in [-0.25, -0.2) is 4.79 Å². The number of halogens is 1. The minimum absolute atomic E-state index is 0.525. The molecule has 0 amide bonds. The second-order valence-electron chi connectivity index (χ2n) is 4.86. The van der Waals surface area contributed by atoms with Crippen LogP contribution in [0.25, 0.3) is 0 Å². The molecule has 2 rings (SSSR count). The van der Waals surface area contributed by atoms with Crippen molar-refractivity contribution in [2.75, 3.05) is 0 Å². The number of aliphatic imine (C=N–C) groups is 1. The van der Waals surface area contributed by atoms with E-state index in [1.54, 1.807) is 18.3 Å². The lowest BCUT2D eigenvalue weighted by Gasteiger charge is -2.09. The van der Waals surface area contributed by atoms with E-state index in [1.165, 1.54) is 10.5 Å². The van der Waals surface area contributed by atoms with Gasteiger partial charge in [0.2, 0.25) is 0 Å². The molecule has 0 fully saturated rings. The molecular formula is C17H16INO3. The monoisotopic (exact) mass is 409 g/mol. The first-order valence-electron chi connectivity index (χ1n) is 6.75. The van der Waals surface area contributed by atoms with Crippen molar-refractivity contribution in [2.45, 2.75) is 20.0 Å². The van der Waals surface area contributed by atoms with E-state index in [2.05, 4.69) is 33.6 Å². The maximum Gasteiger partial charge on any atom is 0.344 e. The maximum atomic E-state index is 10.7. The normalized spacial score (nSPS) is 12.3. The summed E-state index contributed by atoms with van der Waals surface area (Å²) in [5.41, 5.74) is 2.98. The molecule has 2 aromatic rings. The molecule has 0 spiro atoms. The number of ether oxygens (including phenoxy) is 1. The van der Waals surface area contributed by atoms with Crippen LogP contribution in [0.2, 0.25) is 0 Å². The van der Waals surface area contributed by atoms with E-state index in [1.807, 2.05) is 31.2 Å². The molecule has 0 bridgehead atoms. The number of carboxylic acid groups (broad SMARTS) is 1. The maximum absolute atomic E-state index is 10.7. The van der Waals surface area contributed by atoms with Gasteiger partial charge in [-0.15, -0.1) is 0 Å². The third kappa shape index (κ3) is 4.56. The average molecular weight is 409 g/mol. The van der Waals surface area contributed by atoms with Gasteiger partial charge in [0.1, 0.15) is 5.75 Å². The van der Waals surface area contributed by atoms with E-state index >= 15 is 0 Å². The van der Waals surface area contributed by atoms with Gasteiger partial charge in [0.25, 0.3) is 0 Å². The van der Waals surface area contributed by atoms with Crippen LogP contribution >= 0.6 is 22.6 Å². The van der Waals surface area contributed by atoms with E-state index in [0.29, 0.717) is 5.75 Å². The van der Waals surface area contributed by atoms with Crippen LogP contribution in [0.1, 0.15) is 18.1 Å². The molecule has 0 saturated carbocycles. The predicted molar refractivity (Wildman–Crippen MR) is 95.3 cm³/mol. The summed E-state index contributed by atoms with van der Waals surface area (Å²) in [6.07, 6.45) is 0.911. The molecule has 5 heteroatoms. The number of carboxylic acids is 1. The SMILES string of the molecule is Cc1cc(I)ccc1N=Cc1ccc(O[C@@H](C)C(=O)O)cc1. The molecule has 0 heterocycles. The highest BCUT2D eigenvalue weighted by Gasteiger charge is 2.11. The van der Waals surface area contributed by atoms with Crippen molar-refractivity contribution in [2.24, 2.45) is 4.99 Å². The first kappa shape index (κ1) is 16.5. The van der Waals surface area contributed by atoms with Gasteiger partial charge < -0.3 is 9.84 Å². The predicted octanol–water partition coefficient (Wildman–Crippen LogP) is 4.20. The second-order valence-corrected chi connectivity index (χ2v) is 6.10. The largest absolute Gasteiger partial charge is 0.479 e. The Bertz CT molecular complexity index is 696. The van der Waals surface area contributed by atoms with E-state index < -0.39 is 12.1 Å². The lowest BCUT2D eigenvalue weighted by molar-refractivity contribution is -0.144. The Morgan fingerprint density at radius 2 is 1.95 bits per heavy atom. The van der Waals surface area contributed by atoms with Crippen molar-refractivity contribution in [1.82, 2.24) is 0 Å². The third-order valence-corrected chi connectivity index (χ3v) is 3.72. The molecule has 0 unspecified atom stereocenters. The summed E-state index contributed by atoms with van der Waals surface area (Å²) >= 11 is 2.27. The fourth-order valence-electron chi connectivity index (χ4n) is 1.79. The number of benzene rings is 2. The van der Waals surface area contributed by atoms with Gasteiger partial charge in [-0.05, 0) is 90.0 Å². The summed E-state index contributed by atoms with van der Waals surface area (Å²) in [6, 6.07) is 13.2. The molecule has 0 aliphatic carbocycles. The van der Waals surface area contributed by atoms with Gasteiger partial charge >= 0.3 is 5.97 Å². The first-order valence-corrected chi connectivity index (χ1v) is 7.83. The van der Waals surface area contributed by atoms with Gasteiger partial charge in [0, 0.05) is 9.78 Å². The van der Waals surface area contributed by atoms with E-state index in [0.717, 1.165) is 16.8 Å². The van der Waals surface area contributed by atoms with Crippen molar-refractivity contribution in [3.63, 3.8) is 0 Å². The third-order valence-electron chi connectivity index (χ3n) is 3.05. The molecule has 4 nitrogen and oxygen atoms in total. The Morgan fingerprint density at radius 1 is 1.27 bits per heavy atom. The van der Waals surface area contributed by atoms with Crippen molar-refractivity contribution < 1.29 is 14.6 Å². The highest BCUT2D eigenvalue weighted by Crippen LogP contribution is 2.21. The lowest BCUT2D eigenvalue weighted by atomic mass is 10.2. The van der Waals surface area contributed by atoms with Crippen LogP contribution in [0.5, 0.6) is 5.75 Å². The van der Waals surface area contributed by atoms with Gasteiger partial charge in [-0.2, -0.15) is 0 Å². The van der Waals surface area contributed by atoms with Crippen LogP contribution in [-0.2, 0) is 4.79 Å². The van der Waals surface area contributed by atoms with Crippen molar-refractivity contribution in [3.05, 3.63) is 57.2 Å². The number of nitrogens with zero attached hydrogens (tertiary/aromatic N) is 1. The summed E-state index contributed by atoms with van der Waals surface area (Å²) in [4.78, 5) is 15.2. The average Bonchev–Trinajstić information content (AvgIpc) is 2.47. The van der Waals surface area contributed by atoms with Crippen LogP contribution in [-0.4, -0.2) is 23.4 Å². The fourth-order valence-corrected chi connectivity index (χ4v) is 2.44. The molecule has 0 saturated heterocycles. The zero-order chi connectivity index (χ0) is 16.1. The van der Waals surface area contributed by atoms with E-state index in [-0.39, 0.29) is 0 Å². The highest BCUT2D eigenvalue weighted by molar-refractivity contribution is 14.1. The first-order chi connectivity index (χ1) is 10.5. The quantitative estimate of drug-likeness (QED) is 0.595. The molecule has 1 N–H and O–H groups in total. The smallest absolute Gasteiger partial charge is 0.344 e. The second kappa shape index (κ2) is 7.40. The summed E-state index contributed by atoms with van der Waals surface area (Å²) in [5, 5.41) is 8.81. The number of rotatable bonds is 5. The fraction of sp³-hybridized carbons (Fsp3) is 0.176. The molecule has 22 heavy (non-hydrogen) atoms. The minimum atomic E-state index is -0.986. The summed E-state index contributed by atoms with van der Waals surface area (Å²) in [5.74, 6) is -0.461. The Kier molecular flexibility index (Phi) is 5.54. The Morgan fingerprint density at radius 3 is 2.55 bits per heavy atom. The standard InChI is InChI=1S/C17H16INO3/c1-11-9-14(18)5-8-16(11)19-10-13-3-6-15(7-4-13)22-12(2)17(20)21/h3-10,12H,1-2H3,(H,20,21)/t12-/m0/s1. The van der Waals surface area contributed by atoms with Crippen molar-refractivity contribution in [1.29, 1.82) is 0 Å². The molecule has 0 aromatic heterocycles. The zero-order valence-corrected chi connectivity index (χ0v) is 14.4. The molecule has 0 radical (unpaired) electrons. The van der Waals surface area contributed by atoms with Crippen LogP contribution in [0.15, 0.2) is 47.5 Å². The van der Waals surface area contributed by atoms with Gasteiger partial charge in [-0.3, -0.25) is 4.99 Å². The molecule has 114 valence electrons. The number of aryl methyl sites for hydroxylation is 1. The Hall–Kier alpha value is -1.89. The van der Waals surface area contributed by atoms with E-state index in [4.69, 9.17) is 9.84 Å². The molecule has 1 atom stereocenters. The number of carbonyl (C=O) groups is 1. The number of aliphatic carboxylic acids is 1. The summed E-state index contributed by atoms with van der Waals surface area (Å²) in [7, 11) is 0. The van der Waals surface area contributed by atoms with Gasteiger partial charge in [0.05, 0.1) is 5.69 Å². The van der Waals surface area contributed by atoms with Crippen LogP contribution < -0.4 is 4.74 Å². The van der Waals surface area contributed by atoms with Crippen LogP contribution in [0.4, 0.5) is 5.69 Å². The van der Waals surface area contributed by atoms with Crippen molar-refractivity contribution in [3.8, 4) is 5.75 Å². The topological polar surface area (TPSA) is 58.9 Å². The van der Waals surface area contributed by atoms with Crippen molar-refractivity contribution >= 4 is 40.5 Å². The Balaban J connectivity index is 2.07. The zero-order valence-electron chi connectivity index (χ0n) is 12.3. The lowest BCUT2D eigenvalue weighted by Crippen LogP contribution is -2.22. The Labute approximate surface area is 143 Å². The molecule has 0 aliphatic heterocycles. The molecular weight excluding hydrogens is 393 g/mol. The van der Waals surface area contributed by atoms with Gasteiger partial charge in [0.15, 0.2) is 6.10 Å². The summed E-state index contributed by atoms with van der Waals surface area (Å²) < 4.78 is 6.46. The molecule has 0 aliphatic rings. The summed E-state index contributed by atoms with van der Waals surface area (Å²) in [6.45, 7) is 3.52. The number of hydrogen-bond donors (Lipinski definition) is 1. The van der Waals surface area contributed by atoms with Crippen LogP contribution in [0.3, 0.4) is 0 Å². The highest BCUT2D eigenvalue weighted by atomic mass is 127. The van der Waals surface area contributed by atoms with Gasteiger partial charge in [-0.1, -0.05) is 0 Å². The van der Waals surface area contributed by atoms with E-state index in [9.17, 15) is 4.79 Å². The minimum Gasteiger partial charge on any atom is -0.479 e. The van der Waals surface area contributed by atoms with Crippen LogP contribution in [0, 0.1) is 10.5 Å². The molecule has 2 aromatic carbocycles.